The van der Waals surface area contributed by atoms with Gasteiger partial charge < -0.3 is 15.1 Å². The summed E-state index contributed by atoms with van der Waals surface area (Å²) in [4.78, 5) is 30.3. The number of likely N-dealkylation sites (tertiary alicyclic amines) is 1. The second-order valence-corrected chi connectivity index (χ2v) is 11.5. The summed E-state index contributed by atoms with van der Waals surface area (Å²) in [6.07, 6.45) is -0.333. The average molecular weight is 573 g/mol. The van der Waals surface area contributed by atoms with Gasteiger partial charge in [-0.15, -0.1) is 0 Å². The maximum absolute atomic E-state index is 13.8. The van der Waals surface area contributed by atoms with Crippen LogP contribution in [-0.4, -0.2) is 55.0 Å². The second-order valence-electron chi connectivity index (χ2n) is 10.5. The molecule has 0 unspecified atom stereocenters. The molecule has 1 fully saturated rings. The number of carbonyl (C=O) groups is 2. The lowest BCUT2D eigenvalue weighted by Crippen LogP contribution is -2.38. The van der Waals surface area contributed by atoms with Gasteiger partial charge in [0.05, 0.1) is 40.2 Å². The molecule has 40 heavy (non-hydrogen) atoms. The summed E-state index contributed by atoms with van der Waals surface area (Å²) >= 11 is 1.24. The molecule has 0 saturated carbocycles. The Kier molecular flexibility index (Phi) is 7.26. The number of aliphatic carboxylic acids is 1. The van der Waals surface area contributed by atoms with E-state index in [1.165, 1.54) is 42.4 Å². The summed E-state index contributed by atoms with van der Waals surface area (Å²) in [5.41, 5.74) is -0.689. The van der Waals surface area contributed by atoms with Crippen molar-refractivity contribution in [2.24, 2.45) is 10.9 Å². The van der Waals surface area contributed by atoms with Crippen LogP contribution < -0.4 is 0 Å². The van der Waals surface area contributed by atoms with Crippen molar-refractivity contribution in [2.75, 3.05) is 13.1 Å². The first kappa shape index (κ1) is 27.9. The van der Waals surface area contributed by atoms with Crippen LogP contribution in [0, 0.1) is 5.92 Å². The van der Waals surface area contributed by atoms with Gasteiger partial charge in [0.25, 0.3) is 5.91 Å². The minimum absolute atomic E-state index is 0.0294. The predicted molar refractivity (Wildman–Crippen MR) is 145 cm³/mol. The highest BCUT2D eigenvalue weighted by Gasteiger charge is 2.35. The third-order valence-electron chi connectivity index (χ3n) is 7.13. The maximum atomic E-state index is 13.8. The van der Waals surface area contributed by atoms with Crippen LogP contribution in [0.2, 0.25) is 0 Å². The lowest BCUT2D eigenvalue weighted by molar-refractivity contribution is -0.143. The van der Waals surface area contributed by atoms with Crippen molar-refractivity contribution in [1.82, 2.24) is 14.7 Å². The Labute approximate surface area is 232 Å². The lowest BCUT2D eigenvalue weighted by atomic mass is 9.93. The number of amidine groups is 1. The summed E-state index contributed by atoms with van der Waals surface area (Å²) in [6.45, 7) is 3.79. The quantitative estimate of drug-likeness (QED) is 0.410. The molecule has 12 heteroatoms. The Hall–Kier alpha value is -3.64. The van der Waals surface area contributed by atoms with Crippen molar-refractivity contribution in [2.45, 2.75) is 45.0 Å². The van der Waals surface area contributed by atoms with Crippen LogP contribution in [0.1, 0.15) is 48.9 Å². The normalized spacial score (nSPS) is 18.1. The molecule has 0 atom stereocenters. The van der Waals surface area contributed by atoms with E-state index in [9.17, 15) is 33.0 Å². The minimum atomic E-state index is -4.60. The third kappa shape index (κ3) is 5.78. The van der Waals surface area contributed by atoms with E-state index in [1.807, 2.05) is 4.90 Å². The smallest absolute Gasteiger partial charge is 0.416 e. The van der Waals surface area contributed by atoms with Crippen LogP contribution >= 0.6 is 11.8 Å². The molecular weight excluding hydrogens is 545 g/mol. The number of rotatable bonds is 5. The van der Waals surface area contributed by atoms with E-state index in [4.69, 9.17) is 0 Å². The standard InChI is InChI=1S/C28H27F3N4O4S/c1-27(2,39)20-5-4-18(21(13-20)28(29,30)31)15-35-22-6-3-16(11-19(22)14-32-35)12-23-24(36)33-26(40-23)34-9-7-17(8-10-34)25(37)38/h3-6,11-14,17,39H,7-10,15H2,1-2H3,(H,37,38)/b23-12-. The number of carboxylic acid groups (broad SMARTS) is 1. The number of carboxylic acids is 1. The molecule has 0 spiro atoms. The van der Waals surface area contributed by atoms with E-state index in [0.29, 0.717) is 46.9 Å². The summed E-state index contributed by atoms with van der Waals surface area (Å²) in [5.74, 6) is -1.56. The summed E-state index contributed by atoms with van der Waals surface area (Å²) < 4.78 is 43.0. The van der Waals surface area contributed by atoms with Gasteiger partial charge in [-0.3, -0.25) is 14.3 Å². The van der Waals surface area contributed by atoms with Gasteiger partial charge in [0, 0.05) is 18.5 Å². The van der Waals surface area contributed by atoms with Gasteiger partial charge in [0.2, 0.25) is 0 Å². The number of hydrogen-bond acceptors (Lipinski definition) is 6. The molecule has 3 aromatic rings. The first-order valence-electron chi connectivity index (χ1n) is 12.7. The highest BCUT2D eigenvalue weighted by Crippen LogP contribution is 2.36. The van der Waals surface area contributed by atoms with Crippen molar-refractivity contribution in [1.29, 1.82) is 0 Å². The molecule has 210 valence electrons. The zero-order valence-corrected chi connectivity index (χ0v) is 22.6. The van der Waals surface area contributed by atoms with Gasteiger partial charge in [-0.1, -0.05) is 18.2 Å². The van der Waals surface area contributed by atoms with Crippen molar-refractivity contribution in [3.63, 3.8) is 0 Å². The number of thioether (sulfide) groups is 1. The Morgan fingerprint density at radius 2 is 1.88 bits per heavy atom. The minimum Gasteiger partial charge on any atom is -0.481 e. The number of hydrogen-bond donors (Lipinski definition) is 2. The van der Waals surface area contributed by atoms with Gasteiger partial charge in [-0.05, 0) is 79.4 Å². The van der Waals surface area contributed by atoms with E-state index < -0.39 is 23.3 Å². The monoisotopic (exact) mass is 572 g/mol. The fraction of sp³-hybridized carbons (Fsp3) is 0.357. The molecule has 1 saturated heterocycles. The van der Waals surface area contributed by atoms with Crippen LogP contribution in [0.3, 0.4) is 0 Å². The van der Waals surface area contributed by atoms with Gasteiger partial charge in [-0.2, -0.15) is 23.3 Å². The lowest BCUT2D eigenvalue weighted by Gasteiger charge is -2.30. The predicted octanol–water partition coefficient (Wildman–Crippen LogP) is 5.10. The van der Waals surface area contributed by atoms with E-state index in [1.54, 1.807) is 30.5 Å². The zero-order valence-electron chi connectivity index (χ0n) is 21.8. The van der Waals surface area contributed by atoms with Crippen molar-refractivity contribution >= 4 is 45.8 Å². The van der Waals surface area contributed by atoms with E-state index in [0.717, 1.165) is 11.6 Å². The largest absolute Gasteiger partial charge is 0.481 e. The number of fused-ring (bicyclic) bond motifs is 1. The van der Waals surface area contributed by atoms with Gasteiger partial charge in [0.15, 0.2) is 5.17 Å². The average Bonchev–Trinajstić information content (AvgIpc) is 3.45. The molecule has 2 aliphatic heterocycles. The highest BCUT2D eigenvalue weighted by atomic mass is 32.2. The molecule has 1 amide bonds. The molecule has 8 nitrogen and oxygen atoms in total. The number of alkyl halides is 3. The Morgan fingerprint density at radius 3 is 2.52 bits per heavy atom. The number of piperidine rings is 1. The third-order valence-corrected chi connectivity index (χ3v) is 8.17. The fourth-order valence-corrected chi connectivity index (χ4v) is 5.81. The van der Waals surface area contributed by atoms with Crippen molar-refractivity contribution in [3.05, 3.63) is 69.8 Å². The number of benzene rings is 2. The Bertz CT molecular complexity index is 1550. The highest BCUT2D eigenvalue weighted by molar-refractivity contribution is 8.18. The molecule has 3 heterocycles. The molecule has 2 aromatic carbocycles. The molecule has 1 aromatic heterocycles. The molecule has 0 aliphatic carbocycles. The maximum Gasteiger partial charge on any atom is 0.416 e. The molecule has 5 rings (SSSR count). The number of carbonyl (C=O) groups excluding carboxylic acids is 1. The Balaban J connectivity index is 1.34. The van der Waals surface area contributed by atoms with Gasteiger partial charge in [-0.25, -0.2) is 0 Å². The van der Waals surface area contributed by atoms with Crippen LogP contribution in [0.4, 0.5) is 13.2 Å². The number of halogens is 3. The van der Waals surface area contributed by atoms with Crippen molar-refractivity contribution < 1.29 is 33.0 Å². The molecule has 0 radical (unpaired) electrons. The number of amides is 1. The number of aromatic nitrogens is 2. The van der Waals surface area contributed by atoms with E-state index in [2.05, 4.69) is 10.1 Å². The number of nitrogens with zero attached hydrogens (tertiary/aromatic N) is 4. The summed E-state index contributed by atoms with van der Waals surface area (Å²) in [5, 5.41) is 24.9. The van der Waals surface area contributed by atoms with Crippen molar-refractivity contribution in [3.8, 4) is 0 Å². The fourth-order valence-electron chi connectivity index (χ4n) is 4.84. The first-order chi connectivity index (χ1) is 18.8. The van der Waals surface area contributed by atoms with Gasteiger partial charge >= 0.3 is 12.1 Å². The van der Waals surface area contributed by atoms with Crippen LogP contribution in [0.5, 0.6) is 0 Å². The van der Waals surface area contributed by atoms with Crippen LogP contribution in [0.25, 0.3) is 17.0 Å². The van der Waals surface area contributed by atoms with Crippen LogP contribution in [0.15, 0.2) is 52.5 Å². The van der Waals surface area contributed by atoms with E-state index >= 15 is 0 Å². The molecular formula is C28H27F3N4O4S. The summed E-state index contributed by atoms with van der Waals surface area (Å²) in [7, 11) is 0. The topological polar surface area (TPSA) is 108 Å². The van der Waals surface area contributed by atoms with Gasteiger partial charge in [0.1, 0.15) is 0 Å². The number of aliphatic imine (C=N–C) groups is 1. The first-order valence-corrected chi connectivity index (χ1v) is 13.5. The summed E-state index contributed by atoms with van der Waals surface area (Å²) in [6, 6.07) is 9.15. The number of aliphatic hydroxyl groups is 1. The molecule has 2 N–H and O–H groups in total. The molecule has 0 bridgehead atoms. The van der Waals surface area contributed by atoms with Crippen LogP contribution in [-0.2, 0) is 27.9 Å². The Morgan fingerprint density at radius 1 is 1.15 bits per heavy atom. The second kappa shape index (κ2) is 10.4. The SMILES string of the molecule is CC(C)(O)c1ccc(Cn2ncc3cc(/C=C4\SC(N5CCC(C(=O)O)CC5)=NC4=O)ccc32)c(C(F)(F)F)c1. The zero-order chi connectivity index (χ0) is 28.8. The molecule has 2 aliphatic rings. The van der Waals surface area contributed by atoms with E-state index in [-0.39, 0.29) is 29.5 Å².